The number of nitrogens with one attached hydrogen (secondary N) is 1. The number of rotatable bonds is 13. The molecule has 0 saturated carbocycles. The molecule has 0 unspecified atom stereocenters. The lowest BCUT2D eigenvalue weighted by Gasteiger charge is -2.33. The number of aromatic nitrogens is 2. The van der Waals surface area contributed by atoms with Crippen molar-refractivity contribution in [1.82, 2.24) is 19.2 Å². The lowest BCUT2D eigenvalue weighted by atomic mass is 10.2. The molecule has 0 bridgehead atoms. The van der Waals surface area contributed by atoms with Crippen molar-refractivity contribution >= 4 is 33.9 Å². The topological polar surface area (TPSA) is 134 Å². The molecule has 2 heterocycles. The number of carbonyl (C=O) groups excluding carboxylic acids is 1. The fourth-order valence-electron chi connectivity index (χ4n) is 3.34. The van der Waals surface area contributed by atoms with Crippen LogP contribution in [0.25, 0.3) is 0 Å². The summed E-state index contributed by atoms with van der Waals surface area (Å²) in [5.41, 5.74) is 0.0958. The standard InChI is InChI=1S/C23H31F2N5O6S2/c1-2-3-13-36-23(32)29-8-10-30(11-9-29)38(33,34)28-19-15-20(35-14-5-12-31)27-22(26-19)37-16-17-6-4-7-18(24)21(17)25/h4,6-7,15,31H,2-3,5,8-14,16H2,1H3,(H,26,27,28). The minimum atomic E-state index is -4.04. The maximum Gasteiger partial charge on any atom is 0.409 e. The van der Waals surface area contributed by atoms with Gasteiger partial charge in [-0.25, -0.2) is 18.6 Å². The molecule has 1 aromatic carbocycles. The average Bonchev–Trinajstić information content (AvgIpc) is 2.89. The van der Waals surface area contributed by atoms with E-state index in [0.717, 1.165) is 30.7 Å². The number of aliphatic hydroxyl groups excluding tert-OH is 1. The third-order valence-electron chi connectivity index (χ3n) is 5.42. The number of hydrogen-bond acceptors (Lipinski definition) is 9. The van der Waals surface area contributed by atoms with Gasteiger partial charge in [0.15, 0.2) is 16.8 Å². The zero-order valence-electron chi connectivity index (χ0n) is 20.9. The quantitative estimate of drug-likeness (QED) is 0.210. The predicted molar refractivity (Wildman–Crippen MR) is 137 cm³/mol. The summed E-state index contributed by atoms with van der Waals surface area (Å²) in [5.74, 6) is -2.00. The van der Waals surface area contributed by atoms with E-state index in [1.165, 1.54) is 27.4 Å². The predicted octanol–water partition coefficient (Wildman–Crippen LogP) is 3.02. The molecule has 210 valence electrons. The van der Waals surface area contributed by atoms with E-state index < -0.39 is 27.9 Å². The molecule has 1 aliphatic heterocycles. The van der Waals surface area contributed by atoms with E-state index in [2.05, 4.69) is 14.7 Å². The molecule has 38 heavy (non-hydrogen) atoms. The van der Waals surface area contributed by atoms with Crippen LogP contribution in [0.2, 0.25) is 0 Å². The first-order chi connectivity index (χ1) is 18.2. The molecule has 0 radical (unpaired) electrons. The molecule has 2 aromatic rings. The van der Waals surface area contributed by atoms with Gasteiger partial charge in [0.05, 0.1) is 13.2 Å². The average molecular weight is 576 g/mol. The van der Waals surface area contributed by atoms with E-state index in [1.807, 2.05) is 6.92 Å². The molecule has 0 aliphatic carbocycles. The summed E-state index contributed by atoms with van der Waals surface area (Å²) in [6.07, 6.45) is 1.50. The Balaban J connectivity index is 1.68. The smallest absolute Gasteiger partial charge is 0.409 e. The normalized spacial score (nSPS) is 14.4. The molecule has 2 N–H and O–H groups in total. The summed E-state index contributed by atoms with van der Waals surface area (Å²) in [4.78, 5) is 22.0. The maximum absolute atomic E-state index is 14.0. The van der Waals surface area contributed by atoms with Crippen LogP contribution in [0.15, 0.2) is 29.4 Å². The Morgan fingerprint density at radius 3 is 2.63 bits per heavy atom. The first-order valence-electron chi connectivity index (χ1n) is 12.1. The number of piperazine rings is 1. The van der Waals surface area contributed by atoms with Crippen LogP contribution in [-0.4, -0.2) is 84.8 Å². The fourth-order valence-corrected chi connectivity index (χ4v) is 5.31. The lowest BCUT2D eigenvalue weighted by molar-refractivity contribution is 0.0883. The lowest BCUT2D eigenvalue weighted by Crippen LogP contribution is -2.52. The Kier molecular flexibility index (Phi) is 11.3. The zero-order chi connectivity index (χ0) is 27.5. The number of benzene rings is 1. The molecule has 1 fully saturated rings. The van der Waals surface area contributed by atoms with Crippen molar-refractivity contribution in [3.8, 4) is 5.88 Å². The maximum atomic E-state index is 14.0. The largest absolute Gasteiger partial charge is 0.477 e. The number of amides is 1. The van der Waals surface area contributed by atoms with Crippen LogP contribution in [-0.2, 0) is 20.7 Å². The highest BCUT2D eigenvalue weighted by Gasteiger charge is 2.30. The number of hydrogen-bond donors (Lipinski definition) is 2. The van der Waals surface area contributed by atoms with Gasteiger partial charge in [0.25, 0.3) is 0 Å². The summed E-state index contributed by atoms with van der Waals surface area (Å²) in [7, 11) is -4.04. The number of unbranched alkanes of at least 4 members (excludes halogenated alkanes) is 1. The van der Waals surface area contributed by atoms with Gasteiger partial charge in [0, 0.05) is 56.6 Å². The first kappa shape index (κ1) is 29.8. The number of ether oxygens (including phenoxy) is 2. The van der Waals surface area contributed by atoms with Crippen LogP contribution < -0.4 is 9.46 Å². The van der Waals surface area contributed by atoms with Crippen LogP contribution in [0.4, 0.5) is 19.4 Å². The van der Waals surface area contributed by atoms with Crippen molar-refractivity contribution in [2.75, 3.05) is 50.7 Å². The van der Waals surface area contributed by atoms with Gasteiger partial charge in [-0.05, 0) is 12.5 Å². The molecule has 15 heteroatoms. The number of nitrogens with zero attached hydrogens (tertiary/aromatic N) is 4. The number of aliphatic hydroxyl groups is 1. The highest BCUT2D eigenvalue weighted by Crippen LogP contribution is 2.26. The molecule has 1 saturated heterocycles. The van der Waals surface area contributed by atoms with Gasteiger partial charge in [-0.1, -0.05) is 37.2 Å². The molecule has 0 atom stereocenters. The van der Waals surface area contributed by atoms with Gasteiger partial charge >= 0.3 is 16.3 Å². The van der Waals surface area contributed by atoms with E-state index in [9.17, 15) is 22.0 Å². The third-order valence-corrected chi connectivity index (χ3v) is 7.82. The molecular formula is C23H31F2N5O6S2. The van der Waals surface area contributed by atoms with E-state index in [1.54, 1.807) is 0 Å². The van der Waals surface area contributed by atoms with Crippen LogP contribution in [0.1, 0.15) is 31.7 Å². The Labute approximate surface area is 224 Å². The fraction of sp³-hybridized carbons (Fsp3) is 0.522. The second-order valence-electron chi connectivity index (χ2n) is 8.26. The van der Waals surface area contributed by atoms with E-state index in [-0.39, 0.29) is 67.6 Å². The summed E-state index contributed by atoms with van der Waals surface area (Å²) >= 11 is 0.972. The second-order valence-corrected chi connectivity index (χ2v) is 10.9. The van der Waals surface area contributed by atoms with Crippen molar-refractivity contribution in [2.45, 2.75) is 37.1 Å². The monoisotopic (exact) mass is 575 g/mol. The number of halogens is 2. The first-order valence-corrected chi connectivity index (χ1v) is 14.5. The van der Waals surface area contributed by atoms with E-state index in [0.29, 0.717) is 13.0 Å². The summed E-state index contributed by atoms with van der Waals surface area (Å²) in [6.45, 7) is 2.78. The molecule has 3 rings (SSSR count). The minimum Gasteiger partial charge on any atom is -0.477 e. The highest BCUT2D eigenvalue weighted by atomic mass is 32.2. The van der Waals surface area contributed by atoms with Gasteiger partial charge in [-0.3, -0.25) is 4.72 Å². The minimum absolute atomic E-state index is 0.00775. The van der Waals surface area contributed by atoms with Crippen molar-refractivity contribution in [3.05, 3.63) is 41.5 Å². The molecule has 0 spiro atoms. The van der Waals surface area contributed by atoms with Crippen LogP contribution >= 0.6 is 11.8 Å². The van der Waals surface area contributed by atoms with Crippen molar-refractivity contribution in [2.24, 2.45) is 0 Å². The summed E-state index contributed by atoms with van der Waals surface area (Å²) in [6, 6.07) is 5.12. The highest BCUT2D eigenvalue weighted by molar-refractivity contribution is 7.98. The number of carbonyl (C=O) groups is 1. The molecular weight excluding hydrogens is 544 g/mol. The van der Waals surface area contributed by atoms with Gasteiger partial charge in [0.1, 0.15) is 5.82 Å². The number of anilines is 1. The van der Waals surface area contributed by atoms with Gasteiger partial charge in [-0.15, -0.1) is 0 Å². The van der Waals surface area contributed by atoms with Gasteiger partial charge in [-0.2, -0.15) is 17.7 Å². The number of thioether (sulfide) groups is 1. The van der Waals surface area contributed by atoms with Gasteiger partial charge < -0.3 is 19.5 Å². The summed E-state index contributed by atoms with van der Waals surface area (Å²) < 4.78 is 67.9. The molecule has 1 amide bonds. The molecule has 1 aliphatic rings. The van der Waals surface area contributed by atoms with E-state index >= 15 is 0 Å². The van der Waals surface area contributed by atoms with Crippen LogP contribution in [0.3, 0.4) is 0 Å². The van der Waals surface area contributed by atoms with E-state index in [4.69, 9.17) is 14.6 Å². The summed E-state index contributed by atoms with van der Waals surface area (Å²) in [5, 5.41) is 9.08. The molecule has 1 aromatic heterocycles. The SMILES string of the molecule is CCCCOC(=O)N1CCN(S(=O)(=O)Nc2cc(OCCCO)nc(SCc3cccc(F)c3F)n2)CC1. The molecule has 11 nitrogen and oxygen atoms in total. The van der Waals surface area contributed by atoms with Crippen molar-refractivity contribution in [1.29, 1.82) is 0 Å². The Hall–Kier alpha value is -2.75. The van der Waals surface area contributed by atoms with Crippen molar-refractivity contribution in [3.63, 3.8) is 0 Å². The van der Waals surface area contributed by atoms with Crippen LogP contribution in [0.5, 0.6) is 5.88 Å². The third kappa shape index (κ3) is 8.64. The Morgan fingerprint density at radius 1 is 1.16 bits per heavy atom. The zero-order valence-corrected chi connectivity index (χ0v) is 22.6. The Morgan fingerprint density at radius 2 is 1.92 bits per heavy atom. The van der Waals surface area contributed by atoms with Gasteiger partial charge in [0.2, 0.25) is 5.88 Å². The second kappa shape index (κ2) is 14.4. The Bertz CT molecular complexity index is 1180. The van der Waals surface area contributed by atoms with Crippen molar-refractivity contribution < 1.29 is 36.6 Å². The van der Waals surface area contributed by atoms with Crippen LogP contribution in [0, 0.1) is 11.6 Å².